The van der Waals surface area contributed by atoms with Gasteiger partial charge in [0.25, 0.3) is 0 Å². The van der Waals surface area contributed by atoms with Gasteiger partial charge in [-0.25, -0.2) is 4.98 Å². The molecule has 2 aliphatic heterocycles. The molecule has 31 heavy (non-hydrogen) atoms. The normalized spacial score (nSPS) is 20.5. The smallest absolute Gasteiger partial charge is 0.416 e. The van der Waals surface area contributed by atoms with Gasteiger partial charge < -0.3 is 14.9 Å². The molecule has 0 unspecified atom stereocenters. The lowest BCUT2D eigenvalue weighted by molar-refractivity contribution is -0.389. The van der Waals surface area contributed by atoms with E-state index in [-0.39, 0.29) is 11.8 Å². The highest BCUT2D eigenvalue weighted by Gasteiger charge is 2.42. The Morgan fingerprint density at radius 1 is 1.26 bits per heavy atom. The molecule has 5 rings (SSSR count). The van der Waals surface area contributed by atoms with E-state index in [1.165, 1.54) is 29.7 Å². The number of rotatable bonds is 4. The van der Waals surface area contributed by atoms with Gasteiger partial charge in [-0.15, -0.1) is 11.3 Å². The Kier molecular flexibility index (Phi) is 4.35. The lowest BCUT2D eigenvalue weighted by Crippen LogP contribution is -2.43. The second-order valence-corrected chi connectivity index (χ2v) is 9.01. The van der Waals surface area contributed by atoms with Crippen LogP contribution in [0.15, 0.2) is 30.5 Å². The number of fused-ring (bicyclic) bond motifs is 2. The minimum Gasteiger partial charge on any atom is -0.436 e. The minimum absolute atomic E-state index is 0.236. The summed E-state index contributed by atoms with van der Waals surface area (Å²) < 4.78 is 45.8. The summed E-state index contributed by atoms with van der Waals surface area (Å²) in [5.41, 5.74) is 0.329. The predicted octanol–water partition coefficient (Wildman–Crippen LogP) is 4.10. The molecule has 0 fully saturated rings. The summed E-state index contributed by atoms with van der Waals surface area (Å²) in [6, 6.07) is 5.27. The molecule has 0 radical (unpaired) electrons. The van der Waals surface area contributed by atoms with Gasteiger partial charge in [-0.2, -0.15) is 13.2 Å². The summed E-state index contributed by atoms with van der Waals surface area (Å²) >= 11 is 1.48. The van der Waals surface area contributed by atoms with Crippen molar-refractivity contribution in [1.29, 1.82) is 0 Å². The molecule has 2 aliphatic rings. The van der Waals surface area contributed by atoms with Crippen LogP contribution in [0, 0.1) is 10.1 Å². The quantitative estimate of drug-likeness (QED) is 0.439. The van der Waals surface area contributed by atoms with E-state index in [1.807, 2.05) is 6.92 Å². The number of benzene rings is 1. The van der Waals surface area contributed by atoms with Crippen LogP contribution in [0.3, 0.4) is 0 Å². The first-order chi connectivity index (χ1) is 14.6. The second-order valence-electron chi connectivity index (χ2n) is 7.93. The van der Waals surface area contributed by atoms with Crippen molar-refractivity contribution in [2.45, 2.75) is 38.3 Å². The monoisotopic (exact) mass is 451 g/mol. The third-order valence-electron chi connectivity index (χ3n) is 5.29. The van der Waals surface area contributed by atoms with Crippen LogP contribution in [0.25, 0.3) is 10.6 Å². The maximum absolute atomic E-state index is 12.8. The summed E-state index contributed by atoms with van der Waals surface area (Å²) in [7, 11) is 0. The Hall–Kier alpha value is -2.99. The van der Waals surface area contributed by atoms with Gasteiger partial charge in [0, 0.05) is 35.1 Å². The van der Waals surface area contributed by atoms with Gasteiger partial charge in [-0.1, -0.05) is 12.1 Å². The van der Waals surface area contributed by atoms with Crippen molar-refractivity contribution in [2.24, 2.45) is 0 Å². The van der Waals surface area contributed by atoms with Crippen molar-refractivity contribution in [3.8, 4) is 16.6 Å². The zero-order valence-electron chi connectivity index (χ0n) is 16.2. The number of imidazole rings is 1. The van der Waals surface area contributed by atoms with Gasteiger partial charge in [0.05, 0.1) is 17.8 Å². The lowest BCUT2D eigenvalue weighted by atomic mass is 10.1. The predicted molar refractivity (Wildman–Crippen MR) is 105 cm³/mol. The zero-order valence-corrected chi connectivity index (χ0v) is 17.0. The van der Waals surface area contributed by atoms with E-state index in [4.69, 9.17) is 4.74 Å². The highest BCUT2D eigenvalue weighted by molar-refractivity contribution is 7.15. The number of halogens is 3. The van der Waals surface area contributed by atoms with E-state index in [1.54, 1.807) is 4.57 Å². The maximum Gasteiger partial charge on any atom is 0.416 e. The zero-order chi connectivity index (χ0) is 22.0. The number of hydrogen-bond acceptors (Lipinski definition) is 7. The Balaban J connectivity index is 1.24. The molecule has 0 aliphatic carbocycles. The van der Waals surface area contributed by atoms with Gasteiger partial charge in [0.15, 0.2) is 0 Å². The van der Waals surface area contributed by atoms with Crippen LogP contribution in [0.1, 0.15) is 23.1 Å². The van der Waals surface area contributed by atoms with E-state index in [0.717, 1.165) is 22.7 Å². The molecule has 0 spiro atoms. The van der Waals surface area contributed by atoms with Crippen LogP contribution in [0.5, 0.6) is 6.01 Å². The van der Waals surface area contributed by atoms with Gasteiger partial charge >= 0.3 is 18.0 Å². The van der Waals surface area contributed by atoms with Crippen molar-refractivity contribution in [3.05, 3.63) is 56.7 Å². The summed E-state index contributed by atoms with van der Waals surface area (Å²) in [5.74, 6) is -0.236. The van der Waals surface area contributed by atoms with E-state index >= 15 is 0 Å². The molecule has 4 heterocycles. The fraction of sp³-hybridized carbons (Fsp3) is 0.368. The van der Waals surface area contributed by atoms with Crippen LogP contribution in [-0.4, -0.2) is 36.5 Å². The number of alkyl halides is 3. The van der Waals surface area contributed by atoms with Gasteiger partial charge in [-0.3, -0.25) is 9.47 Å². The molecular weight excluding hydrogens is 435 g/mol. The first-order valence-electron chi connectivity index (χ1n) is 9.39. The van der Waals surface area contributed by atoms with Crippen molar-refractivity contribution in [2.75, 3.05) is 6.54 Å². The van der Waals surface area contributed by atoms with Gasteiger partial charge in [-0.05, 0) is 24.0 Å². The number of aromatic nitrogens is 3. The van der Waals surface area contributed by atoms with Crippen LogP contribution in [0.4, 0.5) is 19.0 Å². The molecule has 12 heteroatoms. The van der Waals surface area contributed by atoms with Crippen molar-refractivity contribution >= 4 is 17.2 Å². The second kappa shape index (κ2) is 6.76. The fourth-order valence-electron chi connectivity index (χ4n) is 3.97. The molecule has 1 atom stereocenters. The summed E-state index contributed by atoms with van der Waals surface area (Å²) in [6.45, 7) is 4.24. The number of hydrogen-bond donors (Lipinski definition) is 0. The van der Waals surface area contributed by atoms with Crippen LogP contribution >= 0.6 is 11.3 Å². The van der Waals surface area contributed by atoms with Crippen LogP contribution < -0.4 is 4.74 Å². The molecule has 0 N–H and O–H groups in total. The van der Waals surface area contributed by atoms with Crippen molar-refractivity contribution in [3.63, 3.8) is 0 Å². The van der Waals surface area contributed by atoms with Gasteiger partial charge in [0.2, 0.25) is 0 Å². The molecule has 8 nitrogen and oxygen atoms in total. The highest BCUT2D eigenvalue weighted by Crippen LogP contribution is 2.38. The molecule has 2 aromatic heterocycles. The molecule has 0 saturated heterocycles. The largest absolute Gasteiger partial charge is 0.436 e. The minimum atomic E-state index is -4.36. The Bertz CT molecular complexity index is 1120. The number of ether oxygens (including phenoxy) is 1. The first kappa shape index (κ1) is 19.9. The number of nitrogens with zero attached hydrogens (tertiary/aromatic N) is 5. The molecule has 0 amide bonds. The third-order valence-corrected chi connectivity index (χ3v) is 6.42. The molecule has 3 aromatic rings. The average molecular weight is 451 g/mol. The molecular formula is C19H16F3N5O3S. The van der Waals surface area contributed by atoms with Crippen LogP contribution in [-0.2, 0) is 25.8 Å². The van der Waals surface area contributed by atoms with E-state index < -0.39 is 22.3 Å². The number of nitro groups is 1. The molecule has 1 aromatic carbocycles. The topological polar surface area (TPSA) is 86.3 Å². The maximum atomic E-state index is 12.8. The average Bonchev–Trinajstić information content (AvgIpc) is 3.39. The van der Waals surface area contributed by atoms with Crippen molar-refractivity contribution in [1.82, 2.24) is 19.4 Å². The van der Waals surface area contributed by atoms with Crippen LogP contribution in [0.2, 0.25) is 0 Å². The third kappa shape index (κ3) is 3.65. The Labute approximate surface area is 178 Å². The standard InChI is InChI=1S/C19H16F3N5O3S/c1-18(10-26-8-15(27(28)29)24-17(26)30-18)9-25-6-13-14(7-25)31-16(23-13)11-2-4-12(5-3-11)19(20,21)22/h2-5,8H,6-7,9-10H2,1H3/t18-/m0/s1. The fourth-order valence-corrected chi connectivity index (χ4v) is 5.09. The Morgan fingerprint density at radius 3 is 2.61 bits per heavy atom. The molecule has 0 saturated carbocycles. The highest BCUT2D eigenvalue weighted by atomic mass is 32.1. The molecule has 0 bridgehead atoms. The summed E-state index contributed by atoms with van der Waals surface area (Å²) in [5, 5.41) is 11.5. The summed E-state index contributed by atoms with van der Waals surface area (Å²) in [6.07, 6.45) is -2.98. The molecule has 162 valence electrons. The van der Waals surface area contributed by atoms with Gasteiger partial charge in [0.1, 0.15) is 16.8 Å². The van der Waals surface area contributed by atoms with E-state index in [0.29, 0.717) is 36.8 Å². The Morgan fingerprint density at radius 2 is 2.00 bits per heavy atom. The van der Waals surface area contributed by atoms with Crippen molar-refractivity contribution < 1.29 is 22.8 Å². The summed E-state index contributed by atoms with van der Waals surface area (Å²) in [4.78, 5) is 22.1. The van der Waals surface area contributed by atoms with E-state index in [2.05, 4.69) is 14.9 Å². The first-order valence-corrected chi connectivity index (χ1v) is 10.2. The number of thiazole rings is 1. The van der Waals surface area contributed by atoms with E-state index in [9.17, 15) is 23.3 Å². The lowest BCUT2D eigenvalue weighted by Gasteiger charge is -2.27. The SMILES string of the molecule is C[C@]1(CN2Cc3nc(-c4ccc(C(F)(F)F)cc4)sc3C2)Cn2cc([N+](=O)[O-])nc2O1.